The Labute approximate surface area is 233 Å². The summed E-state index contributed by atoms with van der Waals surface area (Å²) in [5.41, 5.74) is 5.46. The molecule has 2 aliphatic carbocycles. The molecular weight excluding hydrogens is 525 g/mol. The van der Waals surface area contributed by atoms with Crippen molar-refractivity contribution in [3.8, 4) is 0 Å². The van der Waals surface area contributed by atoms with Crippen molar-refractivity contribution in [2.45, 2.75) is 49.6 Å². The number of nitrogens with one attached hydrogen (secondary N) is 1. The predicted molar refractivity (Wildman–Crippen MR) is 152 cm³/mol. The predicted octanol–water partition coefficient (Wildman–Crippen LogP) is 5.83. The minimum Gasteiger partial charge on any atom is -0.306 e. The van der Waals surface area contributed by atoms with E-state index in [1.165, 1.54) is 17.7 Å². The minimum absolute atomic E-state index is 0.0153. The molecule has 8 heteroatoms. The summed E-state index contributed by atoms with van der Waals surface area (Å²) in [4.78, 5) is 20.4. The first-order chi connectivity index (χ1) is 19.3. The fourth-order valence-electron chi connectivity index (χ4n) is 5.63. The largest absolute Gasteiger partial charge is 0.306 e. The lowest BCUT2D eigenvalue weighted by atomic mass is 10.1. The quantitative estimate of drug-likeness (QED) is 0.297. The Balaban J connectivity index is 1.30. The second kappa shape index (κ2) is 10.6. The smallest absolute Gasteiger partial charge is 0.241 e. The molecule has 4 aromatic rings. The molecule has 3 aromatic carbocycles. The molecule has 6 nitrogen and oxygen atoms in total. The van der Waals surface area contributed by atoms with Crippen LogP contribution in [0.25, 0.3) is 0 Å². The van der Waals surface area contributed by atoms with Crippen molar-refractivity contribution < 1.29 is 17.6 Å². The SMILES string of the molecule is Cc1cccc(CN(C(=O)[C@H]2C[C@@H]2c2ccccc2)c2ccc3c(c2)[C@@H](NS(=O)(=O)c2ccc(F)cc2)CC3)n1. The van der Waals surface area contributed by atoms with Gasteiger partial charge in [0.15, 0.2) is 0 Å². The Morgan fingerprint density at radius 1 is 1.00 bits per heavy atom. The number of hydrogen-bond donors (Lipinski definition) is 1. The molecule has 1 heterocycles. The molecule has 1 aromatic heterocycles. The summed E-state index contributed by atoms with van der Waals surface area (Å²) in [6.07, 6.45) is 2.12. The van der Waals surface area contributed by atoms with Crippen LogP contribution < -0.4 is 9.62 Å². The van der Waals surface area contributed by atoms with Gasteiger partial charge in [0.2, 0.25) is 15.9 Å². The van der Waals surface area contributed by atoms with Crippen molar-refractivity contribution in [1.29, 1.82) is 0 Å². The van der Waals surface area contributed by atoms with E-state index < -0.39 is 21.9 Å². The van der Waals surface area contributed by atoms with Gasteiger partial charge in [-0.1, -0.05) is 42.5 Å². The van der Waals surface area contributed by atoms with Gasteiger partial charge >= 0.3 is 0 Å². The van der Waals surface area contributed by atoms with E-state index in [0.29, 0.717) is 13.0 Å². The Morgan fingerprint density at radius 2 is 1.77 bits per heavy atom. The van der Waals surface area contributed by atoms with Crippen LogP contribution >= 0.6 is 0 Å². The van der Waals surface area contributed by atoms with Crippen LogP contribution in [0.2, 0.25) is 0 Å². The highest BCUT2D eigenvalue weighted by Crippen LogP contribution is 2.49. The van der Waals surface area contributed by atoms with Crippen LogP contribution in [-0.4, -0.2) is 19.3 Å². The number of benzene rings is 3. The highest BCUT2D eigenvalue weighted by atomic mass is 32.2. The molecule has 6 rings (SSSR count). The van der Waals surface area contributed by atoms with Crippen molar-refractivity contribution in [2.24, 2.45) is 5.92 Å². The van der Waals surface area contributed by atoms with Gasteiger partial charge in [-0.3, -0.25) is 9.78 Å². The van der Waals surface area contributed by atoms with Crippen LogP contribution in [0.4, 0.5) is 10.1 Å². The molecule has 0 bridgehead atoms. The van der Waals surface area contributed by atoms with E-state index in [0.717, 1.165) is 53.2 Å². The van der Waals surface area contributed by atoms with E-state index in [1.807, 2.05) is 61.5 Å². The number of hydrogen-bond acceptors (Lipinski definition) is 4. The number of aromatic nitrogens is 1. The van der Waals surface area contributed by atoms with Gasteiger partial charge < -0.3 is 4.90 Å². The van der Waals surface area contributed by atoms with Crippen molar-refractivity contribution in [1.82, 2.24) is 9.71 Å². The highest BCUT2D eigenvalue weighted by Gasteiger charge is 2.46. The standard InChI is InChI=1S/C32H30FN3O3S/c1-21-6-5-9-25(34-21)20-36(32(37)30-19-28(30)22-7-3-2-4-8-22)26-14-10-23-11-17-31(29(23)18-26)35-40(38,39)27-15-12-24(33)13-16-27/h2-10,12-16,18,28,30-31,35H,11,17,19-20H2,1H3/t28-,30+,31+/m1/s1. The van der Waals surface area contributed by atoms with Gasteiger partial charge in [-0.2, -0.15) is 0 Å². The molecule has 1 amide bonds. The maximum atomic E-state index is 14.0. The van der Waals surface area contributed by atoms with Gasteiger partial charge in [-0.15, -0.1) is 0 Å². The van der Waals surface area contributed by atoms with Crippen molar-refractivity contribution in [3.63, 3.8) is 0 Å². The molecule has 40 heavy (non-hydrogen) atoms. The van der Waals surface area contributed by atoms with E-state index in [2.05, 4.69) is 21.8 Å². The molecule has 0 aliphatic heterocycles. The number of amides is 1. The monoisotopic (exact) mass is 555 g/mol. The Hall–Kier alpha value is -3.88. The van der Waals surface area contributed by atoms with Gasteiger partial charge in [0.1, 0.15) is 5.82 Å². The van der Waals surface area contributed by atoms with Crippen LogP contribution in [0.5, 0.6) is 0 Å². The highest BCUT2D eigenvalue weighted by molar-refractivity contribution is 7.89. The third-order valence-corrected chi connectivity index (χ3v) is 9.30. The van der Waals surface area contributed by atoms with E-state index >= 15 is 0 Å². The lowest BCUT2D eigenvalue weighted by Crippen LogP contribution is -2.33. The van der Waals surface area contributed by atoms with Gasteiger partial charge in [0.25, 0.3) is 0 Å². The van der Waals surface area contributed by atoms with Crippen LogP contribution in [0, 0.1) is 18.7 Å². The van der Waals surface area contributed by atoms with E-state index in [4.69, 9.17) is 0 Å². The molecule has 1 saturated carbocycles. The molecule has 2 aliphatic rings. The zero-order chi connectivity index (χ0) is 27.9. The first-order valence-corrected chi connectivity index (χ1v) is 15.0. The number of anilines is 1. The summed E-state index contributed by atoms with van der Waals surface area (Å²) in [6.45, 7) is 2.25. The summed E-state index contributed by atoms with van der Waals surface area (Å²) in [6, 6.07) is 26.1. The van der Waals surface area contributed by atoms with Gasteiger partial charge in [-0.25, -0.2) is 17.5 Å². The second-order valence-corrected chi connectivity index (χ2v) is 12.3. The van der Waals surface area contributed by atoms with E-state index in [9.17, 15) is 17.6 Å². The zero-order valence-corrected chi connectivity index (χ0v) is 22.9. The number of carbonyl (C=O) groups excluding carboxylic acids is 1. The number of carbonyl (C=O) groups is 1. The van der Waals surface area contributed by atoms with E-state index in [1.54, 1.807) is 4.90 Å². The normalized spacial score (nSPS) is 19.7. The minimum atomic E-state index is -3.85. The van der Waals surface area contributed by atoms with Crippen LogP contribution in [0.3, 0.4) is 0 Å². The van der Waals surface area contributed by atoms with Gasteiger partial charge in [-0.05, 0) is 97.3 Å². The Morgan fingerprint density at radius 3 is 2.52 bits per heavy atom. The Kier molecular flexibility index (Phi) is 6.98. The zero-order valence-electron chi connectivity index (χ0n) is 22.1. The molecule has 204 valence electrons. The maximum absolute atomic E-state index is 14.0. The van der Waals surface area contributed by atoms with Crippen LogP contribution in [0.15, 0.2) is 95.9 Å². The lowest BCUT2D eigenvalue weighted by Gasteiger charge is -2.25. The molecule has 1 fully saturated rings. The first kappa shape index (κ1) is 26.3. The van der Waals surface area contributed by atoms with Gasteiger partial charge in [0, 0.05) is 23.3 Å². The van der Waals surface area contributed by atoms with Gasteiger partial charge in [0.05, 0.1) is 17.1 Å². The maximum Gasteiger partial charge on any atom is 0.241 e. The molecule has 3 atom stereocenters. The topological polar surface area (TPSA) is 79.4 Å². The molecule has 0 unspecified atom stereocenters. The fraction of sp³-hybridized carbons (Fsp3) is 0.250. The van der Waals surface area contributed by atoms with E-state index in [-0.39, 0.29) is 22.6 Å². The average Bonchev–Trinajstić information content (AvgIpc) is 3.67. The third-order valence-electron chi connectivity index (χ3n) is 7.81. The summed E-state index contributed by atoms with van der Waals surface area (Å²) >= 11 is 0. The molecule has 0 saturated heterocycles. The summed E-state index contributed by atoms with van der Waals surface area (Å²) < 4.78 is 42.3. The van der Waals surface area contributed by atoms with Crippen molar-refractivity contribution in [3.05, 3.63) is 125 Å². The molecule has 0 spiro atoms. The lowest BCUT2D eigenvalue weighted by molar-refractivity contribution is -0.120. The Bertz CT molecular complexity index is 1660. The second-order valence-electron chi connectivity index (χ2n) is 10.6. The third kappa shape index (κ3) is 5.42. The van der Waals surface area contributed by atoms with Crippen molar-refractivity contribution in [2.75, 3.05) is 4.90 Å². The number of rotatable bonds is 8. The average molecular weight is 556 g/mol. The number of nitrogens with zero attached hydrogens (tertiary/aromatic N) is 2. The number of pyridine rings is 1. The fourth-order valence-corrected chi connectivity index (χ4v) is 6.88. The first-order valence-electron chi connectivity index (χ1n) is 13.5. The molecular formula is C32H30FN3O3S. The van der Waals surface area contributed by atoms with Crippen LogP contribution in [0.1, 0.15) is 52.9 Å². The number of sulfonamides is 1. The number of fused-ring (bicyclic) bond motifs is 1. The van der Waals surface area contributed by atoms with Crippen molar-refractivity contribution >= 4 is 21.6 Å². The summed E-state index contributed by atoms with van der Waals surface area (Å²) in [7, 11) is -3.85. The number of aryl methyl sites for hydroxylation is 2. The molecule has 0 radical (unpaired) electrons. The summed E-state index contributed by atoms with van der Waals surface area (Å²) in [5, 5.41) is 0. The van der Waals surface area contributed by atoms with Crippen LogP contribution in [-0.2, 0) is 27.8 Å². The number of halogens is 1. The summed E-state index contributed by atoms with van der Waals surface area (Å²) in [5.74, 6) is -0.383. The molecule has 1 N–H and O–H groups in total.